The fourth-order valence-corrected chi connectivity index (χ4v) is 3.92. The molecular weight excluding hydrogens is 383 g/mol. The topological polar surface area (TPSA) is 61.0 Å². The van der Waals surface area contributed by atoms with Crippen LogP contribution in [0.3, 0.4) is 0 Å². The Morgan fingerprint density at radius 1 is 1.37 bits per heavy atom. The molecule has 1 amide bonds. The second kappa shape index (κ2) is 7.15. The first-order chi connectivity index (χ1) is 13.1. The zero-order valence-corrected chi connectivity index (χ0v) is 15.9. The van der Waals surface area contributed by atoms with Gasteiger partial charge in [-0.25, -0.2) is 4.98 Å². The highest BCUT2D eigenvalue weighted by Gasteiger charge is 2.23. The van der Waals surface area contributed by atoms with Gasteiger partial charge in [0.15, 0.2) is 0 Å². The van der Waals surface area contributed by atoms with E-state index in [-0.39, 0.29) is 12.5 Å². The van der Waals surface area contributed by atoms with Crippen molar-refractivity contribution >= 4 is 45.8 Å². The lowest BCUT2D eigenvalue weighted by atomic mass is 10.0. The molecule has 0 saturated heterocycles. The van der Waals surface area contributed by atoms with E-state index in [0.717, 1.165) is 29.7 Å². The Labute approximate surface area is 166 Å². The van der Waals surface area contributed by atoms with E-state index in [2.05, 4.69) is 26.1 Å². The van der Waals surface area contributed by atoms with Crippen LogP contribution in [0.2, 0.25) is 10.0 Å². The molecule has 0 radical (unpaired) electrons. The Hall–Kier alpha value is -2.68. The smallest absolute Gasteiger partial charge is 0.253 e. The van der Waals surface area contributed by atoms with Gasteiger partial charge in [0.25, 0.3) is 5.91 Å². The predicted molar refractivity (Wildman–Crippen MR) is 108 cm³/mol. The highest BCUT2D eigenvalue weighted by molar-refractivity contribution is 6.38. The van der Waals surface area contributed by atoms with Crippen LogP contribution in [0.25, 0.3) is 10.9 Å². The maximum Gasteiger partial charge on any atom is 0.253 e. The summed E-state index contributed by atoms with van der Waals surface area (Å²) in [5.74, 6) is 2.97. The Bertz CT molecular complexity index is 1070. The highest BCUT2D eigenvalue weighted by atomic mass is 35.5. The fourth-order valence-electron chi connectivity index (χ4n) is 3.37. The Kier molecular flexibility index (Phi) is 4.69. The molecule has 2 N–H and O–H groups in total. The van der Waals surface area contributed by atoms with Gasteiger partial charge in [-0.1, -0.05) is 29.1 Å². The molecule has 0 bridgehead atoms. The molecular formula is C20H16Cl2N4O. The number of rotatable bonds is 3. The summed E-state index contributed by atoms with van der Waals surface area (Å²) in [5.41, 5.74) is 3.76. The van der Waals surface area contributed by atoms with Crippen LogP contribution >= 0.6 is 23.2 Å². The number of hydrogen-bond acceptors (Lipinski definition) is 3. The summed E-state index contributed by atoms with van der Waals surface area (Å²) in [5, 5.41) is 4.91. The first kappa shape index (κ1) is 17.7. The molecule has 5 nitrogen and oxygen atoms in total. The molecule has 0 saturated carbocycles. The fraction of sp³-hybridized carbons (Fsp3) is 0.200. The van der Waals surface area contributed by atoms with E-state index in [1.165, 1.54) is 11.3 Å². The third kappa shape index (κ3) is 3.34. The molecule has 4 rings (SSSR count). The summed E-state index contributed by atoms with van der Waals surface area (Å²) < 4.78 is 0. The number of terminal acetylenes is 1. The van der Waals surface area contributed by atoms with Crippen LogP contribution in [0, 0.1) is 12.3 Å². The number of halogens is 2. The van der Waals surface area contributed by atoms with Gasteiger partial charge in [-0.3, -0.25) is 4.79 Å². The number of anilines is 1. The quantitative estimate of drug-likeness (QED) is 0.659. The van der Waals surface area contributed by atoms with Crippen molar-refractivity contribution < 1.29 is 4.79 Å². The van der Waals surface area contributed by atoms with Crippen LogP contribution in [0.15, 0.2) is 30.5 Å². The summed E-state index contributed by atoms with van der Waals surface area (Å²) in [6.45, 7) is 1.71. The monoisotopic (exact) mass is 398 g/mol. The van der Waals surface area contributed by atoms with E-state index < -0.39 is 0 Å². The molecule has 27 heavy (non-hydrogen) atoms. The lowest BCUT2D eigenvalue weighted by molar-refractivity contribution is 0.0958. The minimum atomic E-state index is -0.228. The Morgan fingerprint density at radius 2 is 2.22 bits per heavy atom. The van der Waals surface area contributed by atoms with E-state index >= 15 is 0 Å². The van der Waals surface area contributed by atoms with Gasteiger partial charge in [0.2, 0.25) is 0 Å². The molecule has 136 valence electrons. The zero-order chi connectivity index (χ0) is 19.0. The third-order valence-corrected chi connectivity index (χ3v) is 5.20. The van der Waals surface area contributed by atoms with Crippen LogP contribution in [-0.4, -0.2) is 29.0 Å². The number of nitrogens with one attached hydrogen (secondary N) is 2. The van der Waals surface area contributed by atoms with Crippen molar-refractivity contribution in [1.29, 1.82) is 0 Å². The van der Waals surface area contributed by atoms with Crippen LogP contribution in [0.1, 0.15) is 21.6 Å². The summed E-state index contributed by atoms with van der Waals surface area (Å²) in [7, 11) is 0. The van der Waals surface area contributed by atoms with E-state index in [9.17, 15) is 4.79 Å². The zero-order valence-electron chi connectivity index (χ0n) is 14.4. The largest absolute Gasteiger partial charge is 0.357 e. The van der Waals surface area contributed by atoms with E-state index in [1.807, 2.05) is 12.1 Å². The van der Waals surface area contributed by atoms with Crippen molar-refractivity contribution in [3.05, 3.63) is 57.3 Å². The first-order valence-electron chi connectivity index (χ1n) is 8.48. The van der Waals surface area contributed by atoms with Crippen molar-refractivity contribution in [1.82, 2.24) is 15.3 Å². The van der Waals surface area contributed by atoms with Crippen molar-refractivity contribution in [2.45, 2.75) is 13.0 Å². The van der Waals surface area contributed by atoms with Crippen LogP contribution in [-0.2, 0) is 13.0 Å². The van der Waals surface area contributed by atoms with Gasteiger partial charge in [0.1, 0.15) is 5.82 Å². The average molecular weight is 399 g/mol. The summed E-state index contributed by atoms with van der Waals surface area (Å²) in [6.07, 6.45) is 7.58. The summed E-state index contributed by atoms with van der Waals surface area (Å²) in [6, 6.07) is 7.29. The van der Waals surface area contributed by atoms with Gasteiger partial charge in [-0.2, -0.15) is 0 Å². The number of fused-ring (bicyclic) bond motifs is 3. The number of aromatic amines is 1. The van der Waals surface area contributed by atoms with Gasteiger partial charge >= 0.3 is 0 Å². The lowest BCUT2D eigenvalue weighted by Crippen LogP contribution is -2.31. The van der Waals surface area contributed by atoms with Crippen molar-refractivity contribution in [2.75, 3.05) is 18.0 Å². The summed E-state index contributed by atoms with van der Waals surface area (Å²) in [4.78, 5) is 22.0. The maximum absolute atomic E-state index is 11.9. The molecule has 0 spiro atoms. The van der Waals surface area contributed by atoms with Gasteiger partial charge in [0, 0.05) is 47.4 Å². The lowest BCUT2D eigenvalue weighted by Gasteiger charge is -2.28. The molecule has 2 aromatic heterocycles. The van der Waals surface area contributed by atoms with Crippen LogP contribution in [0.4, 0.5) is 5.82 Å². The molecule has 3 aromatic rings. The average Bonchev–Trinajstić information content (AvgIpc) is 3.04. The Balaban J connectivity index is 1.59. The first-order valence-corrected chi connectivity index (χ1v) is 9.23. The molecule has 0 aliphatic carbocycles. The molecule has 1 aliphatic heterocycles. The Morgan fingerprint density at radius 3 is 2.96 bits per heavy atom. The van der Waals surface area contributed by atoms with Crippen LogP contribution < -0.4 is 10.2 Å². The molecule has 0 fully saturated rings. The predicted octanol–water partition coefficient (Wildman–Crippen LogP) is 3.80. The maximum atomic E-state index is 11.9. The molecule has 1 aromatic carbocycles. The number of carbonyl (C=O) groups excluding carboxylic acids is 1. The molecule has 3 heterocycles. The van der Waals surface area contributed by atoms with Crippen molar-refractivity contribution in [3.63, 3.8) is 0 Å². The number of benzene rings is 1. The van der Waals surface area contributed by atoms with Crippen LogP contribution in [0.5, 0.6) is 0 Å². The number of hydrogen-bond donors (Lipinski definition) is 2. The van der Waals surface area contributed by atoms with Gasteiger partial charge in [-0.05, 0) is 24.3 Å². The highest BCUT2D eigenvalue weighted by Crippen LogP contribution is 2.35. The van der Waals surface area contributed by atoms with Gasteiger partial charge in [0.05, 0.1) is 22.6 Å². The molecule has 0 atom stereocenters. The summed E-state index contributed by atoms with van der Waals surface area (Å²) >= 11 is 12.5. The number of amides is 1. The second-order valence-corrected chi connectivity index (χ2v) is 7.20. The van der Waals surface area contributed by atoms with E-state index in [4.69, 9.17) is 29.6 Å². The van der Waals surface area contributed by atoms with Crippen molar-refractivity contribution in [3.8, 4) is 12.3 Å². The molecule has 7 heteroatoms. The van der Waals surface area contributed by atoms with E-state index in [0.29, 0.717) is 22.2 Å². The third-order valence-electron chi connectivity index (χ3n) is 4.69. The SMILES string of the molecule is C#CCNC(=O)c1ccc(N2CCc3[nH]c4c(Cl)cc(Cl)cc4c3C2)nc1. The van der Waals surface area contributed by atoms with Crippen molar-refractivity contribution in [2.24, 2.45) is 0 Å². The number of carbonyl (C=O) groups is 1. The number of pyridine rings is 1. The molecule has 0 unspecified atom stereocenters. The standard InChI is InChI=1S/C20H16Cl2N4O/c1-2-6-23-20(27)12-3-4-18(24-10-12)26-7-5-17-15(11-26)14-8-13(21)9-16(22)19(14)25-17/h1,3-4,8-10,25H,5-7,11H2,(H,23,27). The number of aromatic nitrogens is 2. The number of nitrogens with zero attached hydrogens (tertiary/aromatic N) is 2. The van der Waals surface area contributed by atoms with Gasteiger partial charge in [-0.15, -0.1) is 6.42 Å². The minimum absolute atomic E-state index is 0.196. The normalized spacial score (nSPS) is 13.3. The van der Waals surface area contributed by atoms with E-state index in [1.54, 1.807) is 18.3 Å². The van der Waals surface area contributed by atoms with Gasteiger partial charge < -0.3 is 15.2 Å². The number of H-pyrrole nitrogens is 1. The minimum Gasteiger partial charge on any atom is -0.357 e. The molecule has 1 aliphatic rings. The second-order valence-electron chi connectivity index (χ2n) is 6.36.